The van der Waals surface area contributed by atoms with Crippen LogP contribution < -0.4 is 25.6 Å². The lowest BCUT2D eigenvalue weighted by molar-refractivity contribution is -0.134. The molecule has 294 valence electrons. The number of rotatable bonds is 10. The molecule has 0 saturated carbocycles. The quantitative estimate of drug-likeness (QED) is 0.136. The van der Waals surface area contributed by atoms with Gasteiger partial charge in [-0.2, -0.15) is 0 Å². The molecule has 1 unspecified atom stereocenters. The van der Waals surface area contributed by atoms with E-state index in [1.807, 2.05) is 12.4 Å². The van der Waals surface area contributed by atoms with Gasteiger partial charge in [-0.15, -0.1) is 0 Å². The highest BCUT2D eigenvalue weighted by molar-refractivity contribution is 6.01. The molecule has 3 N–H and O–H groups in total. The van der Waals surface area contributed by atoms with Crippen molar-refractivity contribution in [2.24, 2.45) is 0 Å². The molecule has 9 rings (SSSR count). The lowest BCUT2D eigenvalue weighted by Gasteiger charge is -2.37. The fourth-order valence-electron chi connectivity index (χ4n) is 8.90. The molecule has 57 heavy (non-hydrogen) atoms. The first-order valence-corrected chi connectivity index (χ1v) is 20.6. The Labute approximate surface area is 334 Å². The second kappa shape index (κ2) is 16.5. The number of hydrogen-bond acceptors (Lipinski definition) is 11. The van der Waals surface area contributed by atoms with Crippen LogP contribution in [0.4, 0.5) is 23.0 Å². The fraction of sp³-hybridized carbons (Fsp3) is 0.400. The number of aromatic nitrogens is 3. The van der Waals surface area contributed by atoms with Crippen LogP contribution >= 0.6 is 0 Å². The van der Waals surface area contributed by atoms with Crippen molar-refractivity contribution in [2.45, 2.75) is 50.9 Å². The van der Waals surface area contributed by atoms with Crippen LogP contribution in [0.1, 0.15) is 60.6 Å². The van der Waals surface area contributed by atoms with Crippen molar-refractivity contribution in [1.29, 1.82) is 0 Å². The molecular weight excluding hydrogens is 715 g/mol. The molecule has 0 spiro atoms. The van der Waals surface area contributed by atoms with E-state index < -0.39 is 0 Å². The first-order valence-electron chi connectivity index (χ1n) is 20.6. The molecule has 0 bridgehead atoms. The zero-order valence-corrected chi connectivity index (χ0v) is 32.7. The first-order chi connectivity index (χ1) is 27.9. The summed E-state index contributed by atoms with van der Waals surface area (Å²) in [5.74, 6) is 1.25. The summed E-state index contributed by atoms with van der Waals surface area (Å²) in [6.07, 6.45) is 8.32. The number of pyridine rings is 1. The molecule has 5 aromatic rings. The standard InChI is InChI=1S/C45H51N9O3/c1-30-39(29-47-44-42(30)46-17-26-57-44)34-3-4-35-28-48-45(50-40(35)27-34)49-36-9-5-31(6-10-36)32-15-20-52(21-16-32)18-2-19-53-22-24-54(25-23-53)37-11-7-33(8-12-37)38-13-14-41(55)51-43(38)56/h3-12,27-29,32,38,46H,2,13-26H2,1H3,(H,48,49,50)(H,51,55,56). The predicted molar refractivity (Wildman–Crippen MR) is 224 cm³/mol. The summed E-state index contributed by atoms with van der Waals surface area (Å²) in [6, 6.07) is 23.5. The van der Waals surface area contributed by atoms with Gasteiger partial charge in [0.05, 0.1) is 11.4 Å². The van der Waals surface area contributed by atoms with Crippen molar-refractivity contribution >= 4 is 45.7 Å². The molecule has 4 aliphatic rings. The van der Waals surface area contributed by atoms with Gasteiger partial charge in [-0.25, -0.2) is 15.0 Å². The largest absolute Gasteiger partial charge is 0.474 e. The summed E-state index contributed by atoms with van der Waals surface area (Å²) < 4.78 is 5.72. The van der Waals surface area contributed by atoms with Crippen LogP contribution in [0, 0.1) is 6.92 Å². The summed E-state index contributed by atoms with van der Waals surface area (Å²) in [4.78, 5) is 45.5. The van der Waals surface area contributed by atoms with E-state index in [9.17, 15) is 9.59 Å². The number of carbonyl (C=O) groups excluding carboxylic acids is 2. The number of piperidine rings is 2. The summed E-state index contributed by atoms with van der Waals surface area (Å²) >= 11 is 0. The molecule has 4 aliphatic heterocycles. The Morgan fingerprint density at radius 1 is 0.825 bits per heavy atom. The molecule has 3 aromatic carbocycles. The van der Waals surface area contributed by atoms with Crippen LogP contribution in [0.25, 0.3) is 22.0 Å². The van der Waals surface area contributed by atoms with Crippen LogP contribution in [0.5, 0.6) is 5.88 Å². The Kier molecular flexibility index (Phi) is 10.7. The summed E-state index contributed by atoms with van der Waals surface area (Å²) in [7, 11) is 0. The van der Waals surface area contributed by atoms with Crippen molar-refractivity contribution in [3.63, 3.8) is 0 Å². The third kappa shape index (κ3) is 8.29. The first kappa shape index (κ1) is 37.0. The van der Waals surface area contributed by atoms with Crippen molar-refractivity contribution in [2.75, 3.05) is 81.0 Å². The zero-order chi connectivity index (χ0) is 38.7. The van der Waals surface area contributed by atoms with Gasteiger partial charge in [0.15, 0.2) is 0 Å². The van der Waals surface area contributed by atoms with Crippen molar-refractivity contribution < 1.29 is 14.3 Å². The predicted octanol–water partition coefficient (Wildman–Crippen LogP) is 6.46. The van der Waals surface area contributed by atoms with E-state index >= 15 is 0 Å². The molecule has 6 heterocycles. The van der Waals surface area contributed by atoms with Gasteiger partial charge in [-0.1, -0.05) is 36.4 Å². The fourth-order valence-corrected chi connectivity index (χ4v) is 8.90. The minimum absolute atomic E-state index is 0.169. The number of nitrogens with zero attached hydrogens (tertiary/aromatic N) is 6. The molecule has 3 fully saturated rings. The van der Waals surface area contributed by atoms with Crippen LogP contribution in [0.15, 0.2) is 79.1 Å². The van der Waals surface area contributed by atoms with Crippen molar-refractivity contribution in [3.8, 4) is 17.0 Å². The smallest absolute Gasteiger partial charge is 0.237 e. The minimum Gasteiger partial charge on any atom is -0.474 e. The SMILES string of the molecule is Cc1c(-c2ccc3cnc(Nc4ccc(C5CCN(CCCN6CCN(c7ccc(C8CCC(=O)NC8=O)cc7)CC6)CC5)cc4)nc3c2)cnc2c1NCCO2. The maximum Gasteiger partial charge on any atom is 0.237 e. The third-order valence-corrected chi connectivity index (χ3v) is 12.3. The lowest BCUT2D eigenvalue weighted by Crippen LogP contribution is -2.47. The number of anilines is 4. The highest BCUT2D eigenvalue weighted by Gasteiger charge is 2.28. The molecule has 0 aliphatic carbocycles. The number of hydrogen-bond donors (Lipinski definition) is 3. The molecule has 3 saturated heterocycles. The molecular formula is C45H51N9O3. The van der Waals surface area contributed by atoms with E-state index in [0.29, 0.717) is 37.2 Å². The van der Waals surface area contributed by atoms with Crippen molar-refractivity contribution in [3.05, 3.63) is 95.8 Å². The number of amides is 2. The molecule has 12 heteroatoms. The second-order valence-corrected chi connectivity index (χ2v) is 15.9. The summed E-state index contributed by atoms with van der Waals surface area (Å²) in [5, 5.41) is 10.3. The van der Waals surface area contributed by atoms with E-state index in [1.165, 1.54) is 30.5 Å². The van der Waals surface area contributed by atoms with Gasteiger partial charge in [-0.05, 0) is 117 Å². The summed E-state index contributed by atoms with van der Waals surface area (Å²) in [5.41, 5.74) is 9.67. The Morgan fingerprint density at radius 3 is 2.35 bits per heavy atom. The van der Waals surface area contributed by atoms with E-state index in [0.717, 1.165) is 103 Å². The van der Waals surface area contributed by atoms with Gasteiger partial charge in [0.25, 0.3) is 0 Å². The Morgan fingerprint density at radius 2 is 1.58 bits per heavy atom. The van der Waals surface area contributed by atoms with E-state index in [-0.39, 0.29) is 17.7 Å². The monoisotopic (exact) mass is 765 g/mol. The molecule has 0 radical (unpaired) electrons. The van der Waals surface area contributed by atoms with Crippen molar-refractivity contribution in [1.82, 2.24) is 30.1 Å². The van der Waals surface area contributed by atoms with E-state index in [2.05, 4.69) is 114 Å². The van der Waals surface area contributed by atoms with Crippen LogP contribution in [0.3, 0.4) is 0 Å². The second-order valence-electron chi connectivity index (χ2n) is 15.9. The molecule has 1 atom stereocenters. The average molecular weight is 766 g/mol. The van der Waals surface area contributed by atoms with Gasteiger partial charge < -0.3 is 25.2 Å². The number of imide groups is 1. The topological polar surface area (TPSA) is 128 Å². The van der Waals surface area contributed by atoms with Crippen LogP contribution in [-0.4, -0.2) is 102 Å². The number of fused-ring (bicyclic) bond motifs is 2. The molecule has 2 amide bonds. The van der Waals surface area contributed by atoms with Gasteiger partial charge in [0, 0.05) is 73.9 Å². The van der Waals surface area contributed by atoms with Gasteiger partial charge in [-0.3, -0.25) is 19.8 Å². The number of likely N-dealkylation sites (tertiary alicyclic amines) is 1. The number of piperazine rings is 1. The number of nitrogens with one attached hydrogen (secondary N) is 3. The maximum atomic E-state index is 12.3. The van der Waals surface area contributed by atoms with Gasteiger partial charge in [0.1, 0.15) is 12.3 Å². The Bertz CT molecular complexity index is 2230. The Balaban J connectivity index is 0.712. The molecule has 12 nitrogen and oxygen atoms in total. The maximum absolute atomic E-state index is 12.3. The highest BCUT2D eigenvalue weighted by atomic mass is 16.5. The van der Waals surface area contributed by atoms with Crippen LogP contribution in [-0.2, 0) is 9.59 Å². The van der Waals surface area contributed by atoms with Crippen LogP contribution in [0.2, 0.25) is 0 Å². The highest BCUT2D eigenvalue weighted by Crippen LogP contribution is 2.36. The number of benzene rings is 3. The number of carbonyl (C=O) groups is 2. The Hall–Kier alpha value is -5.59. The minimum atomic E-state index is -0.230. The zero-order valence-electron chi connectivity index (χ0n) is 32.7. The molecule has 2 aromatic heterocycles. The number of ether oxygens (including phenoxy) is 1. The van der Waals surface area contributed by atoms with E-state index in [4.69, 9.17) is 9.72 Å². The lowest BCUT2D eigenvalue weighted by atomic mass is 9.89. The summed E-state index contributed by atoms with van der Waals surface area (Å²) in [6.45, 7) is 12.2. The normalized spacial score (nSPS) is 19.5. The van der Waals surface area contributed by atoms with E-state index in [1.54, 1.807) is 0 Å². The average Bonchev–Trinajstić information content (AvgIpc) is 3.25. The third-order valence-electron chi connectivity index (χ3n) is 12.3. The van der Waals surface area contributed by atoms with Gasteiger partial charge in [0.2, 0.25) is 23.6 Å². The van der Waals surface area contributed by atoms with Gasteiger partial charge >= 0.3 is 0 Å².